The summed E-state index contributed by atoms with van der Waals surface area (Å²) < 4.78 is 18.1. The van der Waals surface area contributed by atoms with Gasteiger partial charge in [0.2, 0.25) is 0 Å². The Kier molecular flexibility index (Phi) is 5.16. The van der Waals surface area contributed by atoms with Crippen molar-refractivity contribution >= 4 is 14.8 Å². The minimum atomic E-state index is -3.71. The van der Waals surface area contributed by atoms with E-state index in [0.29, 0.717) is 5.56 Å². The Hall–Kier alpha value is -1.80. The molecule has 1 aromatic rings. The van der Waals surface area contributed by atoms with E-state index < -0.39 is 36.9 Å². The van der Waals surface area contributed by atoms with Gasteiger partial charge in [-0.1, -0.05) is 12.4 Å². The summed E-state index contributed by atoms with van der Waals surface area (Å²) in [5.74, 6) is 0. The van der Waals surface area contributed by atoms with Gasteiger partial charge in [0.1, 0.15) is 6.23 Å². The number of hydrogen-bond donors (Lipinski definition) is 2. The maximum Gasteiger partial charge on any atom is 0.330 e. The van der Waals surface area contributed by atoms with Crippen LogP contribution in [0.25, 0.3) is 10.4 Å². The smallest absolute Gasteiger partial charge is 0.330 e. The zero-order valence-electron chi connectivity index (χ0n) is 12.3. The van der Waals surface area contributed by atoms with Crippen molar-refractivity contribution in [2.24, 2.45) is 5.11 Å². The van der Waals surface area contributed by atoms with Crippen molar-refractivity contribution < 1.29 is 14.2 Å². The SMILES string of the molecule is [B-]P(=O)(O)CC[C@H]1O[C@@H](n2cc(C)c(=O)[nH]c2=O)C[C@@H]1N=[N+]=[N-]. The molecule has 3 radical (unpaired) electrons. The summed E-state index contributed by atoms with van der Waals surface area (Å²) in [5, 5.41) is 3.61. The largest absolute Gasteiger partial charge is 0.484 e. The second-order valence-electron chi connectivity index (χ2n) is 5.38. The van der Waals surface area contributed by atoms with Gasteiger partial charge in [-0.25, -0.2) is 4.79 Å². The molecule has 2 N–H and O–H groups in total. The van der Waals surface area contributed by atoms with Gasteiger partial charge < -0.3 is 21.8 Å². The lowest BCUT2D eigenvalue weighted by Gasteiger charge is -2.22. The number of nitrogens with one attached hydrogen (secondary N) is 1. The van der Waals surface area contributed by atoms with E-state index in [1.54, 1.807) is 6.92 Å². The van der Waals surface area contributed by atoms with Gasteiger partial charge in [-0.15, -0.1) is 0 Å². The summed E-state index contributed by atoms with van der Waals surface area (Å²) in [6.07, 6.45) is 0.110. The molecule has 0 amide bonds. The minimum Gasteiger partial charge on any atom is -0.484 e. The monoisotopic (exact) mass is 339 g/mol. The molecule has 123 valence electrons. The highest BCUT2D eigenvalue weighted by atomic mass is 31.2. The Labute approximate surface area is 131 Å². The first-order valence-corrected chi connectivity index (χ1v) is 8.75. The molecule has 0 spiro atoms. The number of aryl methyl sites for hydroxylation is 1. The van der Waals surface area contributed by atoms with Crippen molar-refractivity contribution in [1.82, 2.24) is 9.55 Å². The quantitative estimate of drug-likeness (QED) is 0.264. The van der Waals surface area contributed by atoms with Crippen LogP contribution in [-0.4, -0.2) is 40.3 Å². The fourth-order valence-electron chi connectivity index (χ4n) is 2.45. The van der Waals surface area contributed by atoms with Crippen molar-refractivity contribution in [3.05, 3.63) is 43.0 Å². The van der Waals surface area contributed by atoms with Gasteiger partial charge in [0, 0.05) is 23.1 Å². The molecule has 12 heteroatoms. The van der Waals surface area contributed by atoms with E-state index in [1.165, 1.54) is 10.8 Å². The molecule has 2 heterocycles. The second-order valence-corrected chi connectivity index (χ2v) is 7.34. The Morgan fingerprint density at radius 1 is 1.65 bits per heavy atom. The molecule has 0 aliphatic carbocycles. The fraction of sp³-hybridized carbons (Fsp3) is 0.636. The molecule has 10 nitrogen and oxygen atoms in total. The first-order valence-electron chi connectivity index (χ1n) is 6.83. The number of nitrogens with zero attached hydrogens (tertiary/aromatic N) is 4. The highest BCUT2D eigenvalue weighted by molar-refractivity contribution is 7.82. The summed E-state index contributed by atoms with van der Waals surface area (Å²) in [7, 11) is 1.39. The Bertz CT molecular complexity index is 795. The number of azide groups is 1. The van der Waals surface area contributed by atoms with Gasteiger partial charge >= 0.3 is 5.69 Å². The predicted octanol–water partition coefficient (Wildman–Crippen LogP) is 0.555. The van der Waals surface area contributed by atoms with Crippen molar-refractivity contribution in [2.45, 2.75) is 38.1 Å². The molecule has 1 saturated heterocycles. The van der Waals surface area contributed by atoms with Crippen LogP contribution in [0.15, 0.2) is 20.9 Å². The molecule has 2 rings (SSSR count). The third-order valence-corrected chi connectivity index (χ3v) is 4.49. The van der Waals surface area contributed by atoms with E-state index in [4.69, 9.17) is 22.7 Å². The van der Waals surface area contributed by atoms with Crippen LogP contribution in [-0.2, 0) is 9.30 Å². The molecule has 0 aromatic carbocycles. The second kappa shape index (κ2) is 6.76. The molecule has 0 saturated carbocycles. The molecule has 0 bridgehead atoms. The van der Waals surface area contributed by atoms with Gasteiger partial charge in [0.15, 0.2) is 0 Å². The zero-order chi connectivity index (χ0) is 17.2. The number of hydrogen-bond acceptors (Lipinski definition) is 5. The molecule has 1 fully saturated rings. The summed E-state index contributed by atoms with van der Waals surface area (Å²) >= 11 is 0. The van der Waals surface area contributed by atoms with Crippen LogP contribution in [0.2, 0.25) is 0 Å². The molecule has 23 heavy (non-hydrogen) atoms. The summed E-state index contributed by atoms with van der Waals surface area (Å²) in [6, 6.07) is -0.601. The third-order valence-electron chi connectivity index (χ3n) is 3.59. The average molecular weight is 339 g/mol. The zero-order valence-corrected chi connectivity index (χ0v) is 13.2. The number of aromatic nitrogens is 2. The first kappa shape index (κ1) is 17.6. The van der Waals surface area contributed by atoms with Crippen molar-refractivity contribution in [3.63, 3.8) is 0 Å². The molecular formula is C11H15BN5O5P-. The first-order chi connectivity index (χ1) is 10.7. The van der Waals surface area contributed by atoms with Crippen LogP contribution in [0.3, 0.4) is 0 Å². The van der Waals surface area contributed by atoms with Crippen LogP contribution in [0.4, 0.5) is 0 Å². The Morgan fingerprint density at radius 3 is 2.96 bits per heavy atom. The van der Waals surface area contributed by atoms with E-state index in [2.05, 4.69) is 15.0 Å². The van der Waals surface area contributed by atoms with Crippen LogP contribution >= 0.6 is 7.25 Å². The van der Waals surface area contributed by atoms with Crippen molar-refractivity contribution in [3.8, 4) is 0 Å². The Balaban J connectivity index is 2.24. The molecule has 1 aromatic heterocycles. The molecule has 1 unspecified atom stereocenters. The van der Waals surface area contributed by atoms with E-state index in [1.807, 2.05) is 0 Å². The lowest BCUT2D eigenvalue weighted by molar-refractivity contribution is -0.00398. The van der Waals surface area contributed by atoms with Gasteiger partial charge in [-0.05, 0) is 25.0 Å². The highest BCUT2D eigenvalue weighted by Crippen LogP contribution is 2.39. The maximum absolute atomic E-state index is 11.9. The molecular weight excluding hydrogens is 324 g/mol. The van der Waals surface area contributed by atoms with E-state index in [0.717, 1.165) is 0 Å². The number of rotatable bonds is 5. The molecule has 1 aliphatic rings. The summed E-state index contributed by atoms with van der Waals surface area (Å²) in [6.45, 7) is 1.54. The fourth-order valence-corrected chi connectivity index (χ4v) is 3.07. The lowest BCUT2D eigenvalue weighted by atomic mass is 10.1. The van der Waals surface area contributed by atoms with Crippen LogP contribution < -0.4 is 11.2 Å². The maximum atomic E-state index is 11.9. The normalized spacial score (nSPS) is 26.5. The summed E-state index contributed by atoms with van der Waals surface area (Å²) in [5.41, 5.74) is 7.82. The van der Waals surface area contributed by atoms with Gasteiger partial charge in [-0.2, -0.15) is 0 Å². The van der Waals surface area contributed by atoms with Crippen LogP contribution in [0, 0.1) is 6.92 Å². The van der Waals surface area contributed by atoms with Crippen molar-refractivity contribution in [1.29, 1.82) is 0 Å². The van der Waals surface area contributed by atoms with Gasteiger partial charge in [0.25, 0.3) is 5.56 Å². The minimum absolute atomic E-state index is 0.113. The van der Waals surface area contributed by atoms with Crippen LogP contribution in [0.5, 0.6) is 0 Å². The predicted molar refractivity (Wildman–Crippen MR) is 82.6 cm³/mol. The van der Waals surface area contributed by atoms with Gasteiger partial charge in [-0.3, -0.25) is 14.3 Å². The standard InChI is InChI=1S/C11H15BN5O5P/c1-6-5-17(11(19)14-10(6)18)9-4-7(15-16-13)8(22-9)2-3-23(12,20)21/h5,7-9H,2-4H2,1H3,(H,20,21)(H,14,18,19)/q-1/t7-,8+,9+/m0/s1. The molecule has 4 atom stereocenters. The van der Waals surface area contributed by atoms with Crippen LogP contribution in [0.1, 0.15) is 24.6 Å². The number of aromatic amines is 1. The summed E-state index contributed by atoms with van der Waals surface area (Å²) in [4.78, 5) is 37.4. The lowest BCUT2D eigenvalue weighted by Crippen LogP contribution is -2.33. The topological polar surface area (TPSA) is 150 Å². The molecule has 1 aliphatic heterocycles. The Morgan fingerprint density at radius 2 is 2.35 bits per heavy atom. The third kappa shape index (κ3) is 4.36. The van der Waals surface area contributed by atoms with E-state index in [-0.39, 0.29) is 19.0 Å². The van der Waals surface area contributed by atoms with Gasteiger partial charge in [0.05, 0.1) is 12.1 Å². The number of H-pyrrole nitrogens is 1. The van der Waals surface area contributed by atoms with E-state index in [9.17, 15) is 14.2 Å². The highest BCUT2D eigenvalue weighted by Gasteiger charge is 2.36. The number of ether oxygens (including phenoxy) is 1. The van der Waals surface area contributed by atoms with E-state index >= 15 is 0 Å². The van der Waals surface area contributed by atoms with Crippen molar-refractivity contribution in [2.75, 3.05) is 6.16 Å². The average Bonchev–Trinajstić information content (AvgIpc) is 2.83.